The number of anilines is 1. The molecule has 0 radical (unpaired) electrons. The first-order valence-electron chi connectivity index (χ1n) is 9.57. The van der Waals surface area contributed by atoms with Gasteiger partial charge < -0.3 is 9.64 Å². The molecule has 0 aromatic carbocycles. The Morgan fingerprint density at radius 3 is 2.93 bits per heavy atom. The maximum atomic E-state index is 5.96. The number of hydrogen-bond donors (Lipinski definition) is 1. The lowest BCUT2D eigenvalue weighted by Gasteiger charge is -2.33. The van der Waals surface area contributed by atoms with Gasteiger partial charge in [-0.3, -0.25) is 5.10 Å². The van der Waals surface area contributed by atoms with Gasteiger partial charge in [0, 0.05) is 13.0 Å². The van der Waals surface area contributed by atoms with Crippen molar-refractivity contribution in [3.8, 4) is 0 Å². The van der Waals surface area contributed by atoms with E-state index in [1.807, 2.05) is 6.92 Å². The van der Waals surface area contributed by atoms with Gasteiger partial charge in [-0.1, -0.05) is 20.8 Å². The summed E-state index contributed by atoms with van der Waals surface area (Å²) in [5, 5.41) is 10.8. The molecule has 0 amide bonds. The Hall–Kier alpha value is -2.06. The average molecular weight is 387 g/mol. The number of fused-ring (bicyclic) bond motifs is 1. The fourth-order valence-electron chi connectivity index (χ4n) is 3.51. The summed E-state index contributed by atoms with van der Waals surface area (Å²) >= 11 is 1.71. The number of aromatic amines is 1. The van der Waals surface area contributed by atoms with Crippen molar-refractivity contribution in [1.82, 2.24) is 25.1 Å². The van der Waals surface area contributed by atoms with Crippen molar-refractivity contribution >= 4 is 27.4 Å². The minimum Gasteiger partial charge on any atom is -0.366 e. The number of hydrogen-bond acceptors (Lipinski definition) is 7. The minimum atomic E-state index is -0.146. The molecule has 1 aliphatic rings. The molecule has 7 nitrogen and oxygen atoms in total. The molecule has 8 heteroatoms. The molecule has 1 aliphatic heterocycles. The number of rotatable bonds is 5. The lowest BCUT2D eigenvalue weighted by molar-refractivity contribution is 0.0340. The minimum absolute atomic E-state index is 0.146. The van der Waals surface area contributed by atoms with Crippen molar-refractivity contribution in [3.63, 3.8) is 0 Å². The molecule has 0 saturated carbocycles. The fourth-order valence-corrected chi connectivity index (χ4v) is 4.51. The molecular weight excluding hydrogens is 360 g/mol. The molecule has 0 bridgehead atoms. The zero-order chi connectivity index (χ0) is 19.0. The van der Waals surface area contributed by atoms with Crippen LogP contribution in [0.2, 0.25) is 0 Å². The van der Waals surface area contributed by atoms with E-state index in [1.165, 1.54) is 10.9 Å². The van der Waals surface area contributed by atoms with Crippen LogP contribution in [0.15, 0.2) is 5.38 Å². The van der Waals surface area contributed by atoms with E-state index in [1.54, 1.807) is 11.3 Å². The van der Waals surface area contributed by atoms with Crippen molar-refractivity contribution in [3.05, 3.63) is 28.4 Å². The highest BCUT2D eigenvalue weighted by Crippen LogP contribution is 2.35. The largest absolute Gasteiger partial charge is 0.366 e. The van der Waals surface area contributed by atoms with Crippen LogP contribution in [-0.2, 0) is 17.6 Å². The van der Waals surface area contributed by atoms with Gasteiger partial charge in [0.2, 0.25) is 0 Å². The van der Waals surface area contributed by atoms with Crippen LogP contribution in [0, 0.1) is 12.8 Å². The Bertz CT molecular complexity index is 934. The maximum absolute atomic E-state index is 5.96. The summed E-state index contributed by atoms with van der Waals surface area (Å²) in [7, 11) is 0. The predicted molar refractivity (Wildman–Crippen MR) is 107 cm³/mol. The van der Waals surface area contributed by atoms with Gasteiger partial charge in [0.25, 0.3) is 0 Å². The third kappa shape index (κ3) is 3.68. The number of aryl methyl sites for hydroxylation is 2. The van der Waals surface area contributed by atoms with Gasteiger partial charge in [0.05, 0.1) is 18.5 Å². The molecule has 3 aromatic rings. The van der Waals surface area contributed by atoms with E-state index in [2.05, 4.69) is 51.2 Å². The second kappa shape index (κ2) is 7.52. The maximum Gasteiger partial charge on any atom is 0.181 e. The van der Waals surface area contributed by atoms with Gasteiger partial charge >= 0.3 is 0 Å². The highest BCUT2D eigenvalue weighted by atomic mass is 32.1. The summed E-state index contributed by atoms with van der Waals surface area (Å²) in [6.45, 7) is 10.7. The second-order valence-electron chi connectivity index (χ2n) is 7.43. The molecule has 0 spiro atoms. The molecule has 0 aliphatic carbocycles. The normalized spacial score (nSPS) is 18.0. The van der Waals surface area contributed by atoms with E-state index in [-0.39, 0.29) is 6.10 Å². The quantitative estimate of drug-likeness (QED) is 0.723. The van der Waals surface area contributed by atoms with Gasteiger partial charge in [-0.15, -0.1) is 11.3 Å². The van der Waals surface area contributed by atoms with Crippen LogP contribution in [-0.4, -0.2) is 44.8 Å². The van der Waals surface area contributed by atoms with Crippen molar-refractivity contribution in [2.45, 2.75) is 46.6 Å². The fraction of sp³-hybridized carbons (Fsp3) is 0.579. The monoisotopic (exact) mass is 386 g/mol. The zero-order valence-corrected chi connectivity index (χ0v) is 17.1. The zero-order valence-electron chi connectivity index (χ0n) is 16.3. The standard InChI is InChI=1S/C19H26N6OS/c1-5-15-22-17(24-23-15)14-9-25(6-7-26-14)18-16-13(8-11(2)3)10-27-19(16)21-12(4)20-18/h10-11,14H,5-9H2,1-4H3,(H,22,23,24). The summed E-state index contributed by atoms with van der Waals surface area (Å²) in [6, 6.07) is 0. The third-order valence-electron chi connectivity index (χ3n) is 4.77. The van der Waals surface area contributed by atoms with Gasteiger partial charge in [-0.2, -0.15) is 5.10 Å². The topological polar surface area (TPSA) is 79.8 Å². The summed E-state index contributed by atoms with van der Waals surface area (Å²) in [5.74, 6) is 4.04. The number of H-pyrrole nitrogens is 1. The number of thiophene rings is 1. The smallest absolute Gasteiger partial charge is 0.181 e. The van der Waals surface area contributed by atoms with Gasteiger partial charge in [0.15, 0.2) is 5.82 Å². The Morgan fingerprint density at radius 2 is 2.19 bits per heavy atom. The highest BCUT2D eigenvalue weighted by Gasteiger charge is 2.28. The molecule has 144 valence electrons. The van der Waals surface area contributed by atoms with Crippen molar-refractivity contribution in [2.24, 2.45) is 5.92 Å². The lowest BCUT2D eigenvalue weighted by Crippen LogP contribution is -2.39. The van der Waals surface area contributed by atoms with Crippen LogP contribution in [0.3, 0.4) is 0 Å². The predicted octanol–water partition coefficient (Wildman–Crippen LogP) is 3.46. The van der Waals surface area contributed by atoms with E-state index < -0.39 is 0 Å². The summed E-state index contributed by atoms with van der Waals surface area (Å²) in [5.41, 5.74) is 1.34. The van der Waals surface area contributed by atoms with Crippen LogP contribution >= 0.6 is 11.3 Å². The van der Waals surface area contributed by atoms with Crippen LogP contribution in [0.4, 0.5) is 5.82 Å². The van der Waals surface area contributed by atoms with Gasteiger partial charge in [0.1, 0.15) is 28.4 Å². The number of aromatic nitrogens is 5. The van der Waals surface area contributed by atoms with E-state index in [0.717, 1.165) is 47.5 Å². The Morgan fingerprint density at radius 1 is 1.33 bits per heavy atom. The second-order valence-corrected chi connectivity index (χ2v) is 8.29. The molecule has 1 N–H and O–H groups in total. The van der Waals surface area contributed by atoms with E-state index in [0.29, 0.717) is 19.1 Å². The Labute approximate surface area is 163 Å². The first-order chi connectivity index (χ1) is 13.0. The number of morpholine rings is 1. The van der Waals surface area contributed by atoms with Crippen LogP contribution in [0.5, 0.6) is 0 Å². The van der Waals surface area contributed by atoms with E-state index in [4.69, 9.17) is 9.72 Å². The van der Waals surface area contributed by atoms with E-state index in [9.17, 15) is 0 Å². The van der Waals surface area contributed by atoms with E-state index >= 15 is 0 Å². The summed E-state index contributed by atoms with van der Waals surface area (Å²) in [4.78, 5) is 17.4. The molecule has 4 rings (SSSR count). The Balaban J connectivity index is 1.69. The van der Waals surface area contributed by atoms with Crippen molar-refractivity contribution in [2.75, 3.05) is 24.6 Å². The summed E-state index contributed by atoms with van der Waals surface area (Å²) in [6.07, 6.45) is 1.73. The average Bonchev–Trinajstić information content (AvgIpc) is 3.28. The number of nitrogens with one attached hydrogen (secondary N) is 1. The first kappa shape index (κ1) is 18.3. The summed E-state index contributed by atoms with van der Waals surface area (Å²) < 4.78 is 5.96. The molecule has 1 atom stereocenters. The Kier molecular flexibility index (Phi) is 5.10. The third-order valence-corrected chi connectivity index (χ3v) is 5.69. The SMILES string of the molecule is CCc1nc(C2CN(c3nc(C)nc4scc(CC(C)C)c34)CCO2)n[nH]1. The van der Waals surface area contributed by atoms with Gasteiger partial charge in [-0.25, -0.2) is 15.0 Å². The molecule has 1 unspecified atom stereocenters. The molecule has 3 aromatic heterocycles. The molecule has 4 heterocycles. The number of ether oxygens (including phenoxy) is 1. The first-order valence-corrected chi connectivity index (χ1v) is 10.5. The van der Waals surface area contributed by atoms with Gasteiger partial charge in [-0.05, 0) is 30.2 Å². The molecule has 1 fully saturated rings. The lowest BCUT2D eigenvalue weighted by atomic mass is 10.0. The molecule has 1 saturated heterocycles. The van der Waals surface area contributed by atoms with Crippen molar-refractivity contribution < 1.29 is 4.74 Å². The van der Waals surface area contributed by atoms with Crippen molar-refractivity contribution in [1.29, 1.82) is 0 Å². The van der Waals surface area contributed by atoms with Crippen LogP contribution in [0.25, 0.3) is 10.2 Å². The van der Waals surface area contributed by atoms with Crippen LogP contribution < -0.4 is 4.90 Å². The number of nitrogens with zero attached hydrogens (tertiary/aromatic N) is 5. The molecule has 27 heavy (non-hydrogen) atoms. The highest BCUT2D eigenvalue weighted by molar-refractivity contribution is 7.17. The molecular formula is C19H26N6OS. The van der Waals surface area contributed by atoms with Crippen LogP contribution in [0.1, 0.15) is 49.9 Å².